The predicted molar refractivity (Wildman–Crippen MR) is 84.0 cm³/mol. The van der Waals surface area contributed by atoms with Crippen LogP contribution in [0.5, 0.6) is 0 Å². The zero-order chi connectivity index (χ0) is 13.5. The molecule has 102 valence electrons. The zero-order valence-corrected chi connectivity index (χ0v) is 12.4. The predicted octanol–water partition coefficient (Wildman–Crippen LogP) is 4.14. The van der Waals surface area contributed by atoms with Gasteiger partial charge in [0.05, 0.1) is 23.8 Å². The van der Waals surface area contributed by atoms with Crippen LogP contribution in [0.2, 0.25) is 0 Å². The minimum absolute atomic E-state index is 0.875. The van der Waals surface area contributed by atoms with E-state index in [1.54, 1.807) is 0 Å². The molecule has 2 rings (SSSR count). The zero-order valence-electron chi connectivity index (χ0n) is 11.6. The molecule has 0 fully saturated rings. The van der Waals surface area contributed by atoms with Crippen molar-refractivity contribution in [3.8, 4) is 0 Å². The first-order valence-corrected chi connectivity index (χ1v) is 7.69. The Bertz CT molecular complexity index is 508. The quantitative estimate of drug-likeness (QED) is 0.797. The van der Waals surface area contributed by atoms with Crippen molar-refractivity contribution < 1.29 is 0 Å². The molecule has 0 aliphatic heterocycles. The van der Waals surface area contributed by atoms with Crippen LogP contribution >= 0.6 is 11.3 Å². The topological polar surface area (TPSA) is 37.0 Å². The van der Waals surface area contributed by atoms with Crippen molar-refractivity contribution in [3.05, 3.63) is 40.3 Å². The van der Waals surface area contributed by atoms with Crippen molar-refractivity contribution in [2.75, 3.05) is 17.2 Å². The van der Waals surface area contributed by atoms with Crippen LogP contribution in [0.15, 0.2) is 29.9 Å². The highest BCUT2D eigenvalue weighted by molar-refractivity contribution is 7.10. The van der Waals surface area contributed by atoms with Gasteiger partial charge in [-0.2, -0.15) is 0 Å². The smallest absolute Gasteiger partial charge is 0.0550 e. The van der Waals surface area contributed by atoms with Crippen LogP contribution in [-0.2, 0) is 13.0 Å². The summed E-state index contributed by atoms with van der Waals surface area (Å²) in [6.45, 7) is 6.21. The van der Waals surface area contributed by atoms with Gasteiger partial charge < -0.3 is 10.6 Å². The molecule has 3 nitrogen and oxygen atoms in total. The van der Waals surface area contributed by atoms with E-state index in [0.29, 0.717) is 0 Å². The van der Waals surface area contributed by atoms with Gasteiger partial charge in [-0.25, -0.2) is 0 Å². The second kappa shape index (κ2) is 7.14. The molecule has 4 heteroatoms. The number of aromatic nitrogens is 1. The molecule has 0 unspecified atom stereocenters. The summed E-state index contributed by atoms with van der Waals surface area (Å²) >= 11 is 1.81. The molecule has 2 aromatic rings. The Morgan fingerprint density at radius 1 is 1.16 bits per heavy atom. The highest BCUT2D eigenvalue weighted by Crippen LogP contribution is 2.20. The molecule has 2 N–H and O–H groups in total. The minimum Gasteiger partial charge on any atom is -0.384 e. The van der Waals surface area contributed by atoms with Gasteiger partial charge in [-0.3, -0.25) is 4.98 Å². The van der Waals surface area contributed by atoms with Crippen LogP contribution in [0.4, 0.5) is 11.4 Å². The van der Waals surface area contributed by atoms with Crippen molar-refractivity contribution in [2.24, 2.45) is 0 Å². The number of pyridine rings is 1. The van der Waals surface area contributed by atoms with Crippen molar-refractivity contribution in [1.29, 1.82) is 0 Å². The molecule has 2 heterocycles. The van der Waals surface area contributed by atoms with Gasteiger partial charge in [-0.1, -0.05) is 13.8 Å². The molecule has 0 amide bonds. The average Bonchev–Trinajstić information content (AvgIpc) is 2.91. The maximum atomic E-state index is 4.26. The van der Waals surface area contributed by atoms with E-state index in [4.69, 9.17) is 0 Å². The van der Waals surface area contributed by atoms with Gasteiger partial charge in [0.1, 0.15) is 0 Å². The fourth-order valence-corrected chi connectivity index (χ4v) is 2.84. The fraction of sp³-hybridized carbons (Fsp3) is 0.400. The van der Waals surface area contributed by atoms with Crippen LogP contribution in [0, 0.1) is 0 Å². The first kappa shape index (κ1) is 13.9. The van der Waals surface area contributed by atoms with E-state index in [2.05, 4.69) is 47.0 Å². The summed E-state index contributed by atoms with van der Waals surface area (Å²) in [5.41, 5.74) is 3.58. The molecule has 0 spiro atoms. The summed E-state index contributed by atoms with van der Waals surface area (Å²) in [6, 6.07) is 4.32. The normalized spacial score (nSPS) is 10.4. The van der Waals surface area contributed by atoms with Crippen LogP contribution in [-0.4, -0.2) is 11.5 Å². The van der Waals surface area contributed by atoms with Gasteiger partial charge in [0.25, 0.3) is 0 Å². The number of aryl methyl sites for hydroxylation is 1. The van der Waals surface area contributed by atoms with E-state index in [0.717, 1.165) is 37.3 Å². The Balaban J connectivity index is 1.95. The van der Waals surface area contributed by atoms with Gasteiger partial charge in [0.2, 0.25) is 0 Å². The molecule has 2 aromatic heterocycles. The Morgan fingerprint density at radius 3 is 2.68 bits per heavy atom. The van der Waals surface area contributed by atoms with Crippen molar-refractivity contribution in [1.82, 2.24) is 4.98 Å². The summed E-state index contributed by atoms with van der Waals surface area (Å²) in [7, 11) is 0. The lowest BCUT2D eigenvalue weighted by atomic mass is 10.2. The number of rotatable bonds is 7. The van der Waals surface area contributed by atoms with E-state index in [1.807, 2.05) is 23.7 Å². The molecular formula is C15H21N3S. The Morgan fingerprint density at radius 2 is 1.95 bits per heavy atom. The summed E-state index contributed by atoms with van der Waals surface area (Å²) in [5, 5.41) is 8.96. The van der Waals surface area contributed by atoms with Crippen LogP contribution in [0.3, 0.4) is 0 Å². The van der Waals surface area contributed by atoms with Crippen molar-refractivity contribution in [3.63, 3.8) is 0 Å². The van der Waals surface area contributed by atoms with Gasteiger partial charge >= 0.3 is 0 Å². The van der Waals surface area contributed by atoms with Gasteiger partial charge in [0.15, 0.2) is 0 Å². The summed E-state index contributed by atoms with van der Waals surface area (Å²) < 4.78 is 0. The average molecular weight is 275 g/mol. The monoisotopic (exact) mass is 275 g/mol. The number of hydrogen-bond acceptors (Lipinski definition) is 4. The van der Waals surface area contributed by atoms with Gasteiger partial charge in [-0.15, -0.1) is 11.3 Å². The number of nitrogens with one attached hydrogen (secondary N) is 2. The molecule has 0 aliphatic carbocycles. The highest BCUT2D eigenvalue weighted by atomic mass is 32.1. The number of anilines is 2. The first-order chi connectivity index (χ1) is 9.33. The van der Waals surface area contributed by atoms with E-state index < -0.39 is 0 Å². The molecule has 0 saturated heterocycles. The fourth-order valence-electron chi connectivity index (χ4n) is 1.92. The SMILES string of the molecule is CCCNc1cncc(NCc2sccc2CC)c1. The van der Waals surface area contributed by atoms with Crippen LogP contribution in [0.25, 0.3) is 0 Å². The molecule has 0 bridgehead atoms. The highest BCUT2D eigenvalue weighted by Gasteiger charge is 2.02. The van der Waals surface area contributed by atoms with Crippen molar-refractivity contribution >= 4 is 22.7 Å². The number of hydrogen-bond donors (Lipinski definition) is 2. The second-order valence-electron chi connectivity index (χ2n) is 4.47. The molecule has 0 radical (unpaired) electrons. The lowest BCUT2D eigenvalue weighted by Crippen LogP contribution is -2.03. The van der Waals surface area contributed by atoms with E-state index in [1.165, 1.54) is 10.4 Å². The summed E-state index contributed by atoms with van der Waals surface area (Å²) in [4.78, 5) is 5.67. The Labute approximate surface area is 119 Å². The lowest BCUT2D eigenvalue weighted by Gasteiger charge is -2.09. The standard InChI is InChI=1S/C15H21N3S/c1-3-6-17-13-8-14(10-16-9-13)18-11-15-12(4-2)5-7-19-15/h5,7-10,17-18H,3-4,6,11H2,1-2H3. The van der Waals surface area contributed by atoms with E-state index in [-0.39, 0.29) is 0 Å². The minimum atomic E-state index is 0.875. The number of nitrogens with zero attached hydrogens (tertiary/aromatic N) is 1. The van der Waals surface area contributed by atoms with E-state index >= 15 is 0 Å². The molecule has 0 aliphatic rings. The second-order valence-corrected chi connectivity index (χ2v) is 5.47. The summed E-state index contributed by atoms with van der Waals surface area (Å²) in [5.74, 6) is 0. The molecule has 0 atom stereocenters. The van der Waals surface area contributed by atoms with Crippen LogP contribution in [0.1, 0.15) is 30.7 Å². The molecular weight excluding hydrogens is 254 g/mol. The molecule has 19 heavy (non-hydrogen) atoms. The molecule has 0 saturated carbocycles. The third-order valence-corrected chi connectivity index (χ3v) is 3.95. The maximum absolute atomic E-state index is 4.26. The molecule has 0 aromatic carbocycles. The first-order valence-electron chi connectivity index (χ1n) is 6.81. The van der Waals surface area contributed by atoms with E-state index in [9.17, 15) is 0 Å². The van der Waals surface area contributed by atoms with Crippen LogP contribution < -0.4 is 10.6 Å². The largest absolute Gasteiger partial charge is 0.384 e. The lowest BCUT2D eigenvalue weighted by molar-refractivity contribution is 0.977. The summed E-state index contributed by atoms with van der Waals surface area (Å²) in [6.07, 6.45) is 5.95. The maximum Gasteiger partial charge on any atom is 0.0550 e. The third kappa shape index (κ3) is 3.96. The van der Waals surface area contributed by atoms with Gasteiger partial charge in [-0.05, 0) is 35.9 Å². The Hall–Kier alpha value is -1.55. The van der Waals surface area contributed by atoms with Crippen molar-refractivity contribution in [2.45, 2.75) is 33.2 Å². The van der Waals surface area contributed by atoms with Gasteiger partial charge in [0, 0.05) is 18.0 Å². The third-order valence-electron chi connectivity index (χ3n) is 2.99. The Kier molecular flexibility index (Phi) is 5.21. The number of thiophene rings is 1.